The van der Waals surface area contributed by atoms with Crippen molar-refractivity contribution >= 4 is 11.6 Å². The third kappa shape index (κ3) is 2.97. The Balaban J connectivity index is 1.98. The number of carbonyl (C=O) groups excluding carboxylic acids is 1. The molecule has 0 bridgehead atoms. The topological polar surface area (TPSA) is 41.1 Å². The summed E-state index contributed by atoms with van der Waals surface area (Å²) >= 11 is 0. The number of hydrogen-bond acceptors (Lipinski definition) is 2. The van der Waals surface area contributed by atoms with Crippen LogP contribution in [0.3, 0.4) is 0 Å². The molecule has 1 unspecified atom stereocenters. The normalized spacial score (nSPS) is 22.4. The van der Waals surface area contributed by atoms with Crippen LogP contribution in [0.25, 0.3) is 0 Å². The van der Waals surface area contributed by atoms with E-state index in [4.69, 9.17) is 0 Å². The number of rotatable bonds is 2. The summed E-state index contributed by atoms with van der Waals surface area (Å²) in [6.45, 7) is -0.506. The number of anilines is 1. The molecule has 2 N–H and O–H groups in total. The largest absolute Gasteiger partial charge is 0.325 e. The first-order chi connectivity index (χ1) is 7.96. The molecule has 1 aliphatic rings. The van der Waals surface area contributed by atoms with Crippen LogP contribution in [0.4, 0.5) is 18.9 Å². The van der Waals surface area contributed by atoms with Crippen molar-refractivity contribution in [2.24, 2.45) is 0 Å². The van der Waals surface area contributed by atoms with E-state index in [1.165, 1.54) is 18.2 Å². The number of nitrogens with one attached hydrogen (secondary N) is 2. The summed E-state index contributed by atoms with van der Waals surface area (Å²) in [5.41, 5.74) is 0.256. The van der Waals surface area contributed by atoms with Crippen LogP contribution in [0.2, 0.25) is 0 Å². The molecule has 0 saturated carbocycles. The maximum absolute atomic E-state index is 12.9. The van der Waals surface area contributed by atoms with Crippen molar-refractivity contribution in [3.05, 3.63) is 30.1 Å². The van der Waals surface area contributed by atoms with Gasteiger partial charge in [0.1, 0.15) is 5.82 Å². The molecule has 0 spiro atoms. The summed E-state index contributed by atoms with van der Waals surface area (Å²) in [5, 5.41) is 4.81. The molecule has 17 heavy (non-hydrogen) atoms. The SMILES string of the molecule is O=C(Nc1cccc(F)c1)C1CC(F)(F)CN1. The van der Waals surface area contributed by atoms with Gasteiger partial charge in [-0.1, -0.05) is 6.07 Å². The summed E-state index contributed by atoms with van der Waals surface area (Å²) in [7, 11) is 0. The lowest BCUT2D eigenvalue weighted by Gasteiger charge is -2.11. The molecule has 92 valence electrons. The van der Waals surface area contributed by atoms with Gasteiger partial charge >= 0.3 is 0 Å². The van der Waals surface area contributed by atoms with Crippen LogP contribution in [0.1, 0.15) is 6.42 Å². The van der Waals surface area contributed by atoms with Crippen molar-refractivity contribution in [1.29, 1.82) is 0 Å². The van der Waals surface area contributed by atoms with Gasteiger partial charge in [-0.05, 0) is 18.2 Å². The van der Waals surface area contributed by atoms with Crippen LogP contribution in [0.5, 0.6) is 0 Å². The molecule has 1 atom stereocenters. The minimum atomic E-state index is -2.86. The first-order valence-electron chi connectivity index (χ1n) is 5.14. The lowest BCUT2D eigenvalue weighted by Crippen LogP contribution is -2.35. The molecule has 1 amide bonds. The first kappa shape index (κ1) is 11.9. The zero-order valence-corrected chi connectivity index (χ0v) is 8.84. The molecule has 1 fully saturated rings. The lowest BCUT2D eigenvalue weighted by atomic mass is 10.2. The minimum Gasteiger partial charge on any atom is -0.325 e. The number of halogens is 3. The fraction of sp³-hybridized carbons (Fsp3) is 0.364. The van der Waals surface area contributed by atoms with E-state index in [1.807, 2.05) is 0 Å². The molecule has 1 aromatic carbocycles. The van der Waals surface area contributed by atoms with Crippen molar-refractivity contribution in [1.82, 2.24) is 5.32 Å². The third-order valence-electron chi connectivity index (χ3n) is 2.52. The number of hydrogen-bond donors (Lipinski definition) is 2. The van der Waals surface area contributed by atoms with E-state index >= 15 is 0 Å². The second-order valence-corrected chi connectivity index (χ2v) is 3.99. The highest BCUT2D eigenvalue weighted by Crippen LogP contribution is 2.25. The highest BCUT2D eigenvalue weighted by Gasteiger charge is 2.42. The van der Waals surface area contributed by atoms with E-state index in [0.717, 1.165) is 6.07 Å². The Labute approximate surface area is 96.0 Å². The molecule has 0 aromatic heterocycles. The number of carbonyl (C=O) groups is 1. The van der Waals surface area contributed by atoms with Crippen molar-refractivity contribution in [3.63, 3.8) is 0 Å². The van der Waals surface area contributed by atoms with Crippen molar-refractivity contribution in [2.75, 3.05) is 11.9 Å². The third-order valence-corrected chi connectivity index (χ3v) is 2.52. The van der Waals surface area contributed by atoms with Crippen LogP contribution >= 0.6 is 0 Å². The second-order valence-electron chi connectivity index (χ2n) is 3.99. The standard InChI is InChI=1S/C11H11F3N2O/c12-7-2-1-3-8(4-7)16-10(17)9-5-11(13,14)6-15-9/h1-4,9,15H,5-6H2,(H,16,17). The fourth-order valence-corrected chi connectivity index (χ4v) is 1.70. The predicted molar refractivity (Wildman–Crippen MR) is 56.4 cm³/mol. The number of alkyl halides is 2. The van der Waals surface area contributed by atoms with E-state index < -0.39 is 36.7 Å². The van der Waals surface area contributed by atoms with Gasteiger partial charge in [-0.15, -0.1) is 0 Å². The average molecular weight is 244 g/mol. The maximum atomic E-state index is 12.9. The molecule has 2 rings (SSSR count). The first-order valence-corrected chi connectivity index (χ1v) is 5.14. The molecule has 1 saturated heterocycles. The van der Waals surface area contributed by atoms with Crippen molar-refractivity contribution in [3.8, 4) is 0 Å². The van der Waals surface area contributed by atoms with Crippen molar-refractivity contribution < 1.29 is 18.0 Å². The fourth-order valence-electron chi connectivity index (χ4n) is 1.70. The summed E-state index contributed by atoms with van der Waals surface area (Å²) in [4.78, 5) is 11.6. The van der Waals surface area contributed by atoms with E-state index in [-0.39, 0.29) is 5.69 Å². The van der Waals surface area contributed by atoms with Crippen LogP contribution in [0.15, 0.2) is 24.3 Å². The Kier molecular flexibility index (Phi) is 3.06. The Morgan fingerprint density at radius 2 is 2.24 bits per heavy atom. The van der Waals surface area contributed by atoms with Gasteiger partial charge in [0.15, 0.2) is 0 Å². The molecular formula is C11H11F3N2O. The molecule has 1 aliphatic heterocycles. The van der Waals surface area contributed by atoms with Crippen molar-refractivity contribution in [2.45, 2.75) is 18.4 Å². The molecule has 3 nitrogen and oxygen atoms in total. The molecule has 6 heteroatoms. The summed E-state index contributed by atoms with van der Waals surface area (Å²) in [5.74, 6) is -3.93. The van der Waals surface area contributed by atoms with E-state index in [1.54, 1.807) is 0 Å². The summed E-state index contributed by atoms with van der Waals surface area (Å²) < 4.78 is 38.5. The molecule has 0 aliphatic carbocycles. The Morgan fingerprint density at radius 3 is 2.82 bits per heavy atom. The zero-order chi connectivity index (χ0) is 12.5. The van der Waals surface area contributed by atoms with Gasteiger partial charge in [-0.25, -0.2) is 13.2 Å². The Morgan fingerprint density at radius 1 is 1.47 bits per heavy atom. The highest BCUT2D eigenvalue weighted by atomic mass is 19.3. The summed E-state index contributed by atoms with van der Waals surface area (Å²) in [6.07, 6.45) is -0.534. The van der Waals surface area contributed by atoms with Gasteiger partial charge in [-0.3, -0.25) is 10.1 Å². The van der Waals surface area contributed by atoms with Crippen LogP contribution in [-0.2, 0) is 4.79 Å². The van der Waals surface area contributed by atoms with E-state index in [9.17, 15) is 18.0 Å². The predicted octanol–water partition coefficient (Wildman–Crippen LogP) is 1.76. The van der Waals surface area contributed by atoms with E-state index in [2.05, 4.69) is 10.6 Å². The highest BCUT2D eigenvalue weighted by molar-refractivity contribution is 5.95. The Bertz CT molecular complexity index is 436. The van der Waals surface area contributed by atoms with Crippen LogP contribution < -0.4 is 10.6 Å². The van der Waals surface area contributed by atoms with Crippen LogP contribution in [-0.4, -0.2) is 24.4 Å². The van der Waals surface area contributed by atoms with Crippen LogP contribution in [0, 0.1) is 5.82 Å². The minimum absolute atomic E-state index is 0.256. The quantitative estimate of drug-likeness (QED) is 0.832. The smallest absolute Gasteiger partial charge is 0.262 e. The molecule has 1 aromatic rings. The van der Waals surface area contributed by atoms with Gasteiger partial charge in [0.25, 0.3) is 5.92 Å². The van der Waals surface area contributed by atoms with Gasteiger partial charge in [0.05, 0.1) is 12.6 Å². The van der Waals surface area contributed by atoms with Gasteiger partial charge in [0.2, 0.25) is 5.91 Å². The molecular weight excluding hydrogens is 233 g/mol. The van der Waals surface area contributed by atoms with Gasteiger partial charge in [0, 0.05) is 12.1 Å². The monoisotopic (exact) mass is 244 g/mol. The van der Waals surface area contributed by atoms with Gasteiger partial charge < -0.3 is 5.32 Å². The summed E-state index contributed by atoms with van der Waals surface area (Å²) in [6, 6.07) is 4.35. The van der Waals surface area contributed by atoms with E-state index in [0.29, 0.717) is 0 Å². The lowest BCUT2D eigenvalue weighted by molar-refractivity contribution is -0.118. The molecule has 0 radical (unpaired) electrons. The molecule has 1 heterocycles. The number of amides is 1. The average Bonchev–Trinajstić information content (AvgIpc) is 2.59. The maximum Gasteiger partial charge on any atom is 0.262 e. The number of benzene rings is 1. The zero-order valence-electron chi connectivity index (χ0n) is 8.84. The Hall–Kier alpha value is -1.56. The second kappa shape index (κ2) is 4.37. The van der Waals surface area contributed by atoms with Gasteiger partial charge in [-0.2, -0.15) is 0 Å².